The van der Waals surface area contributed by atoms with Crippen molar-refractivity contribution < 1.29 is 9.60 Å². The van der Waals surface area contributed by atoms with E-state index in [1.54, 1.807) is 0 Å². The molecule has 1 aromatic rings. The summed E-state index contributed by atoms with van der Waals surface area (Å²) < 4.78 is 13.3. The molecule has 0 atom stereocenters. The molecule has 0 unspecified atom stereocenters. The summed E-state index contributed by atoms with van der Waals surface area (Å²) in [6.07, 6.45) is 8.32. The van der Waals surface area contributed by atoms with Crippen molar-refractivity contribution in [2.45, 2.75) is 38.5 Å². The van der Waals surface area contributed by atoms with Crippen molar-refractivity contribution in [2.75, 3.05) is 0 Å². The Kier molecular flexibility index (Phi) is 4.91. The van der Waals surface area contributed by atoms with Gasteiger partial charge in [0.25, 0.3) is 0 Å². The third kappa shape index (κ3) is 4.06. The van der Waals surface area contributed by atoms with Crippen LogP contribution in [0.15, 0.2) is 17.3 Å². The summed E-state index contributed by atoms with van der Waals surface area (Å²) in [7, 11) is 0. The minimum Gasteiger partial charge on any atom is -0.411 e. The highest BCUT2D eigenvalue weighted by Gasteiger charge is 2.11. The van der Waals surface area contributed by atoms with Gasteiger partial charge in [-0.25, -0.2) is 9.37 Å². The zero-order chi connectivity index (χ0) is 13.5. The van der Waals surface area contributed by atoms with E-state index in [9.17, 15) is 4.39 Å². The monoisotopic (exact) mass is 260 g/mol. The van der Waals surface area contributed by atoms with E-state index in [4.69, 9.17) is 5.21 Å². The van der Waals surface area contributed by atoms with Crippen LogP contribution >= 0.6 is 0 Å². The van der Waals surface area contributed by atoms with Crippen molar-refractivity contribution in [3.63, 3.8) is 0 Å². The van der Waals surface area contributed by atoms with Gasteiger partial charge in [-0.3, -0.25) is 0 Å². The molecule has 0 aromatic carbocycles. The van der Waals surface area contributed by atoms with Gasteiger partial charge in [-0.15, -0.1) is 0 Å². The Morgan fingerprint density at radius 2 is 2.16 bits per heavy atom. The van der Waals surface area contributed by atoms with E-state index < -0.39 is 5.82 Å². The average molecular weight is 260 g/mol. The minimum absolute atomic E-state index is 0.00645. The molecule has 0 aliphatic heterocycles. The predicted molar refractivity (Wildman–Crippen MR) is 71.6 cm³/mol. The molecule has 2 rings (SSSR count). The summed E-state index contributed by atoms with van der Waals surface area (Å²) in [5, 5.41) is 11.2. The van der Waals surface area contributed by atoms with Crippen LogP contribution < -0.4 is 0 Å². The standard InChI is InChI=1S/C15H17FN2O/c16-14-10-9-13(18-15(14)11-17-19)8-4-7-12-5-2-1-3-6-12/h9-12,19H,1-3,5-7H2. The number of halogens is 1. The molecule has 1 heterocycles. The van der Waals surface area contributed by atoms with Gasteiger partial charge >= 0.3 is 0 Å². The highest BCUT2D eigenvalue weighted by molar-refractivity contribution is 5.76. The highest BCUT2D eigenvalue weighted by Crippen LogP contribution is 2.25. The molecule has 1 aromatic heterocycles. The van der Waals surface area contributed by atoms with Gasteiger partial charge in [0.2, 0.25) is 0 Å². The molecule has 1 saturated carbocycles. The number of aromatic nitrogens is 1. The third-order valence-electron chi connectivity index (χ3n) is 3.39. The fraction of sp³-hybridized carbons (Fsp3) is 0.467. The number of nitrogens with zero attached hydrogens (tertiary/aromatic N) is 2. The van der Waals surface area contributed by atoms with Crippen LogP contribution in [0.4, 0.5) is 4.39 Å². The Hall–Kier alpha value is -1.89. The number of hydrogen-bond acceptors (Lipinski definition) is 3. The molecule has 3 nitrogen and oxygen atoms in total. The second-order valence-corrected chi connectivity index (χ2v) is 4.82. The van der Waals surface area contributed by atoms with Gasteiger partial charge in [0.15, 0.2) is 5.82 Å². The maximum absolute atomic E-state index is 13.3. The summed E-state index contributed by atoms with van der Waals surface area (Å²) >= 11 is 0. The van der Waals surface area contributed by atoms with Crippen molar-refractivity contribution in [2.24, 2.45) is 11.1 Å². The van der Waals surface area contributed by atoms with Crippen molar-refractivity contribution in [1.29, 1.82) is 0 Å². The van der Waals surface area contributed by atoms with Crippen LogP contribution in [-0.4, -0.2) is 16.4 Å². The molecule has 19 heavy (non-hydrogen) atoms. The van der Waals surface area contributed by atoms with E-state index in [1.165, 1.54) is 44.2 Å². The zero-order valence-electron chi connectivity index (χ0n) is 10.8. The smallest absolute Gasteiger partial charge is 0.150 e. The number of hydrogen-bond donors (Lipinski definition) is 1. The number of rotatable bonds is 2. The van der Waals surface area contributed by atoms with Gasteiger partial charge in [0.1, 0.15) is 11.4 Å². The molecule has 0 saturated heterocycles. The van der Waals surface area contributed by atoms with Crippen LogP contribution in [0.5, 0.6) is 0 Å². The lowest BCUT2D eigenvalue weighted by atomic mass is 9.87. The topological polar surface area (TPSA) is 45.5 Å². The van der Waals surface area contributed by atoms with Crippen molar-refractivity contribution in [3.05, 3.63) is 29.3 Å². The number of pyridine rings is 1. The average Bonchev–Trinajstić information content (AvgIpc) is 2.44. The lowest BCUT2D eigenvalue weighted by molar-refractivity contribution is 0.321. The Morgan fingerprint density at radius 1 is 1.37 bits per heavy atom. The summed E-state index contributed by atoms with van der Waals surface area (Å²) in [6, 6.07) is 2.83. The molecule has 4 heteroatoms. The third-order valence-corrected chi connectivity index (χ3v) is 3.39. The van der Waals surface area contributed by atoms with E-state index in [2.05, 4.69) is 22.0 Å². The fourth-order valence-corrected chi connectivity index (χ4v) is 2.35. The first-order valence-corrected chi connectivity index (χ1v) is 6.62. The molecular weight excluding hydrogens is 243 g/mol. The molecule has 1 aliphatic carbocycles. The lowest BCUT2D eigenvalue weighted by Crippen LogP contribution is -2.04. The molecule has 100 valence electrons. The SMILES string of the molecule is ON=Cc1nc(C#CCC2CCCCC2)ccc1F. The molecule has 1 N–H and O–H groups in total. The molecule has 0 amide bonds. The van der Waals surface area contributed by atoms with E-state index >= 15 is 0 Å². The second kappa shape index (κ2) is 6.89. The second-order valence-electron chi connectivity index (χ2n) is 4.82. The first kappa shape index (κ1) is 13.5. The maximum Gasteiger partial charge on any atom is 0.150 e. The molecule has 1 aliphatic rings. The van der Waals surface area contributed by atoms with Crippen LogP contribution in [-0.2, 0) is 0 Å². The first-order valence-electron chi connectivity index (χ1n) is 6.62. The van der Waals surface area contributed by atoms with Crippen LogP contribution in [0.2, 0.25) is 0 Å². The highest BCUT2D eigenvalue weighted by atomic mass is 19.1. The van der Waals surface area contributed by atoms with E-state index in [1.807, 2.05) is 0 Å². The van der Waals surface area contributed by atoms with Crippen molar-refractivity contribution in [3.8, 4) is 11.8 Å². The Balaban J connectivity index is 2.00. The molecule has 0 spiro atoms. The van der Waals surface area contributed by atoms with Crippen molar-refractivity contribution in [1.82, 2.24) is 4.98 Å². The normalized spacial score (nSPS) is 16.3. The first-order chi connectivity index (χ1) is 9.29. The molecule has 1 fully saturated rings. The Bertz CT molecular complexity index is 511. The van der Waals surface area contributed by atoms with Gasteiger partial charge in [-0.1, -0.05) is 30.3 Å². The van der Waals surface area contributed by atoms with Crippen molar-refractivity contribution >= 4 is 6.21 Å². The largest absolute Gasteiger partial charge is 0.411 e. The van der Waals surface area contributed by atoms with Crippen LogP contribution in [0.3, 0.4) is 0 Å². The lowest BCUT2D eigenvalue weighted by Gasteiger charge is -2.18. The summed E-state index contributed by atoms with van der Waals surface area (Å²) in [4.78, 5) is 3.99. The van der Waals surface area contributed by atoms with E-state index in [0.29, 0.717) is 11.6 Å². The fourth-order valence-electron chi connectivity index (χ4n) is 2.35. The quantitative estimate of drug-likeness (QED) is 0.383. The van der Waals surface area contributed by atoms with E-state index in [-0.39, 0.29) is 5.69 Å². The zero-order valence-corrected chi connectivity index (χ0v) is 10.8. The van der Waals surface area contributed by atoms with Crippen LogP contribution in [0, 0.1) is 23.6 Å². The summed E-state index contributed by atoms with van der Waals surface area (Å²) in [5.74, 6) is 6.24. The van der Waals surface area contributed by atoms with Crippen LogP contribution in [0.25, 0.3) is 0 Å². The maximum atomic E-state index is 13.3. The Labute approximate surface area is 112 Å². The Morgan fingerprint density at radius 3 is 2.89 bits per heavy atom. The van der Waals surface area contributed by atoms with Gasteiger partial charge in [0.05, 0.1) is 6.21 Å². The summed E-state index contributed by atoms with van der Waals surface area (Å²) in [6.45, 7) is 0. The predicted octanol–water partition coefficient (Wildman–Crippen LogP) is 3.35. The minimum atomic E-state index is -0.518. The van der Waals surface area contributed by atoms with Gasteiger partial charge in [-0.05, 0) is 36.8 Å². The molecule has 0 bridgehead atoms. The molecule has 0 radical (unpaired) electrons. The van der Waals surface area contributed by atoms with E-state index in [0.717, 1.165) is 12.6 Å². The molecular formula is C15H17FN2O. The summed E-state index contributed by atoms with van der Waals surface area (Å²) in [5.41, 5.74) is 0.513. The van der Waals surface area contributed by atoms with Gasteiger partial charge in [-0.2, -0.15) is 0 Å². The van der Waals surface area contributed by atoms with Gasteiger partial charge in [0, 0.05) is 6.42 Å². The van der Waals surface area contributed by atoms with Crippen LogP contribution in [0.1, 0.15) is 49.9 Å². The number of oxime groups is 1. The van der Waals surface area contributed by atoms with Gasteiger partial charge < -0.3 is 5.21 Å².